The Morgan fingerprint density at radius 3 is 2.76 bits per heavy atom. The molecule has 0 bridgehead atoms. The number of piperidine rings is 1. The number of nitrogens with one attached hydrogen (secondary N) is 2. The zero-order chi connectivity index (χ0) is 26.2. The molecule has 3 amide bonds. The highest BCUT2D eigenvalue weighted by atomic mass is 19.3. The molecule has 2 aromatic carbocycles. The Labute approximate surface area is 211 Å². The second-order valence-electron chi connectivity index (χ2n) is 9.24. The predicted octanol–water partition coefficient (Wildman–Crippen LogP) is 3.67. The van der Waals surface area contributed by atoms with Crippen molar-refractivity contribution in [1.82, 2.24) is 15.2 Å². The van der Waals surface area contributed by atoms with Crippen molar-refractivity contribution in [2.75, 3.05) is 18.4 Å². The van der Waals surface area contributed by atoms with Gasteiger partial charge in [-0.3, -0.25) is 19.4 Å². The third kappa shape index (κ3) is 4.98. The van der Waals surface area contributed by atoms with Gasteiger partial charge in [0.1, 0.15) is 6.04 Å². The molecule has 0 unspecified atom stereocenters. The lowest BCUT2D eigenvalue weighted by Gasteiger charge is -2.35. The third-order valence-electron chi connectivity index (χ3n) is 6.78. The highest BCUT2D eigenvalue weighted by Crippen LogP contribution is 2.32. The number of pyridine rings is 1. The highest BCUT2D eigenvalue weighted by Gasteiger charge is 2.42. The number of likely N-dealkylation sites (tertiary alicyclic amines) is 1. The summed E-state index contributed by atoms with van der Waals surface area (Å²) in [7, 11) is 0. The molecule has 1 aromatic heterocycles. The number of aromatic nitrogens is 1. The van der Waals surface area contributed by atoms with Gasteiger partial charge >= 0.3 is 0 Å². The quantitative estimate of drug-likeness (QED) is 0.564. The number of nitriles is 1. The molecule has 5 rings (SSSR count). The number of alkyl halides is 2. The Kier molecular flexibility index (Phi) is 6.29. The molecule has 188 valence electrons. The molecule has 1 atom stereocenters. The normalized spacial score (nSPS) is 18.5. The molecule has 0 saturated carbocycles. The lowest BCUT2D eigenvalue weighted by atomic mass is 9.95. The van der Waals surface area contributed by atoms with E-state index in [4.69, 9.17) is 0 Å². The summed E-state index contributed by atoms with van der Waals surface area (Å²) in [6, 6.07) is 13.4. The van der Waals surface area contributed by atoms with Gasteiger partial charge in [-0.15, -0.1) is 0 Å². The molecule has 0 aliphatic carbocycles. The predicted molar refractivity (Wildman–Crippen MR) is 132 cm³/mol. The van der Waals surface area contributed by atoms with Crippen LogP contribution < -0.4 is 10.6 Å². The van der Waals surface area contributed by atoms with Crippen molar-refractivity contribution in [3.05, 3.63) is 59.8 Å². The molecule has 1 saturated heterocycles. The summed E-state index contributed by atoms with van der Waals surface area (Å²) in [6.45, 7) is -0.658. The SMILES string of the molecule is N#C[C@@H]1CC(F)(F)CCN1C(=O)CNC(=O)c1ccnc2ccc(-c3ccc4c(c3)CCC(=O)N4)cc12. The Balaban J connectivity index is 1.35. The molecule has 1 fully saturated rings. The van der Waals surface area contributed by atoms with Gasteiger partial charge in [-0.05, 0) is 53.4 Å². The van der Waals surface area contributed by atoms with Crippen molar-refractivity contribution in [2.24, 2.45) is 0 Å². The largest absolute Gasteiger partial charge is 0.343 e. The smallest absolute Gasteiger partial charge is 0.252 e. The Hall–Kier alpha value is -4.39. The van der Waals surface area contributed by atoms with Gasteiger partial charge in [0, 0.05) is 43.1 Å². The zero-order valence-corrected chi connectivity index (χ0v) is 19.8. The van der Waals surface area contributed by atoms with Crippen molar-refractivity contribution in [2.45, 2.75) is 37.6 Å². The van der Waals surface area contributed by atoms with Gasteiger partial charge in [-0.25, -0.2) is 8.78 Å². The van der Waals surface area contributed by atoms with Crippen molar-refractivity contribution < 1.29 is 23.2 Å². The van der Waals surface area contributed by atoms with Crippen LogP contribution in [0.2, 0.25) is 0 Å². The van der Waals surface area contributed by atoms with Crippen LogP contribution in [0, 0.1) is 11.3 Å². The van der Waals surface area contributed by atoms with Crippen LogP contribution >= 0.6 is 0 Å². The maximum absolute atomic E-state index is 13.6. The van der Waals surface area contributed by atoms with Gasteiger partial charge in [-0.2, -0.15) is 5.26 Å². The zero-order valence-electron chi connectivity index (χ0n) is 19.8. The number of halogens is 2. The molecule has 0 spiro atoms. The number of carbonyl (C=O) groups is 3. The van der Waals surface area contributed by atoms with Crippen LogP contribution in [0.25, 0.3) is 22.0 Å². The van der Waals surface area contributed by atoms with E-state index in [1.165, 1.54) is 6.20 Å². The summed E-state index contributed by atoms with van der Waals surface area (Å²) in [5, 5.41) is 15.2. The summed E-state index contributed by atoms with van der Waals surface area (Å²) < 4.78 is 27.3. The van der Waals surface area contributed by atoms with Gasteiger partial charge < -0.3 is 15.5 Å². The molecular formula is C27H23F2N5O3. The molecular weight excluding hydrogens is 480 g/mol. The van der Waals surface area contributed by atoms with Gasteiger partial charge in [0.2, 0.25) is 11.8 Å². The fourth-order valence-corrected chi connectivity index (χ4v) is 4.79. The number of rotatable bonds is 4. The van der Waals surface area contributed by atoms with Gasteiger partial charge in [0.05, 0.1) is 23.7 Å². The first-order chi connectivity index (χ1) is 17.7. The minimum absolute atomic E-state index is 0.00691. The van der Waals surface area contributed by atoms with E-state index in [2.05, 4.69) is 15.6 Å². The number of hydrogen-bond donors (Lipinski definition) is 2. The van der Waals surface area contributed by atoms with Crippen LogP contribution in [0.5, 0.6) is 0 Å². The molecule has 37 heavy (non-hydrogen) atoms. The van der Waals surface area contributed by atoms with E-state index in [0.29, 0.717) is 29.3 Å². The standard InChI is InChI=1S/C27H23F2N5O3/c28-27(29)8-10-34(19(13-27)14-30)25(36)15-32-26(37)20-7-9-31-23-5-2-17(12-21(20)23)16-1-4-22-18(11-16)3-6-24(35)33-22/h1-2,4-5,7,9,11-12,19H,3,6,8,10,13,15H2,(H,32,37)(H,33,35)/t19-/m0/s1. The first-order valence-corrected chi connectivity index (χ1v) is 11.9. The molecule has 8 nitrogen and oxygen atoms in total. The minimum atomic E-state index is -2.99. The van der Waals surface area contributed by atoms with E-state index in [1.54, 1.807) is 18.2 Å². The maximum atomic E-state index is 13.6. The molecule has 2 aliphatic rings. The number of amides is 3. The Bertz CT molecular complexity index is 1470. The summed E-state index contributed by atoms with van der Waals surface area (Å²) in [4.78, 5) is 42.7. The van der Waals surface area contributed by atoms with Crippen molar-refractivity contribution in [1.29, 1.82) is 5.26 Å². The second kappa shape index (κ2) is 9.58. The first-order valence-electron chi connectivity index (χ1n) is 11.9. The molecule has 2 aliphatic heterocycles. The average Bonchev–Trinajstić information content (AvgIpc) is 2.90. The van der Waals surface area contributed by atoms with Crippen LogP contribution in [0.1, 0.15) is 35.2 Å². The topological polar surface area (TPSA) is 115 Å². The van der Waals surface area contributed by atoms with Crippen molar-refractivity contribution in [3.8, 4) is 17.2 Å². The van der Waals surface area contributed by atoms with Crippen molar-refractivity contribution in [3.63, 3.8) is 0 Å². The van der Waals surface area contributed by atoms with Crippen LogP contribution in [0.4, 0.5) is 14.5 Å². The van der Waals surface area contributed by atoms with E-state index in [9.17, 15) is 28.4 Å². The highest BCUT2D eigenvalue weighted by molar-refractivity contribution is 6.07. The Morgan fingerprint density at radius 1 is 1.16 bits per heavy atom. The molecule has 10 heteroatoms. The fraction of sp³-hybridized carbons (Fsp3) is 0.296. The van der Waals surface area contributed by atoms with Crippen molar-refractivity contribution >= 4 is 34.3 Å². The number of nitrogens with zero attached hydrogens (tertiary/aromatic N) is 3. The maximum Gasteiger partial charge on any atom is 0.252 e. The molecule has 0 radical (unpaired) electrons. The lowest BCUT2D eigenvalue weighted by Crippen LogP contribution is -2.51. The fourth-order valence-electron chi connectivity index (χ4n) is 4.79. The van der Waals surface area contributed by atoms with Gasteiger partial charge in [-0.1, -0.05) is 12.1 Å². The summed E-state index contributed by atoms with van der Waals surface area (Å²) >= 11 is 0. The molecule has 3 aromatic rings. The first kappa shape index (κ1) is 24.3. The van der Waals surface area contributed by atoms with Crippen LogP contribution in [-0.2, 0) is 16.0 Å². The average molecular weight is 504 g/mol. The number of benzene rings is 2. The number of fused-ring (bicyclic) bond motifs is 2. The van der Waals surface area contributed by atoms with E-state index >= 15 is 0 Å². The van der Waals surface area contributed by atoms with Gasteiger partial charge in [0.15, 0.2) is 0 Å². The number of hydrogen-bond acceptors (Lipinski definition) is 5. The van der Waals surface area contributed by atoms with E-state index in [0.717, 1.165) is 27.3 Å². The van der Waals surface area contributed by atoms with E-state index in [1.807, 2.05) is 30.3 Å². The summed E-state index contributed by atoms with van der Waals surface area (Å²) in [5.41, 5.74) is 4.51. The summed E-state index contributed by atoms with van der Waals surface area (Å²) in [5.74, 6) is -4.09. The molecule has 3 heterocycles. The number of aryl methyl sites for hydroxylation is 1. The molecule has 2 N–H and O–H groups in total. The monoisotopic (exact) mass is 503 g/mol. The van der Waals surface area contributed by atoms with E-state index < -0.39 is 43.2 Å². The third-order valence-corrected chi connectivity index (χ3v) is 6.78. The Morgan fingerprint density at radius 2 is 1.95 bits per heavy atom. The number of carbonyl (C=O) groups excluding carboxylic acids is 3. The lowest BCUT2D eigenvalue weighted by molar-refractivity contribution is -0.139. The van der Waals surface area contributed by atoms with Crippen LogP contribution in [-0.4, -0.2) is 52.7 Å². The second-order valence-corrected chi connectivity index (χ2v) is 9.24. The van der Waals surface area contributed by atoms with Gasteiger partial charge in [0.25, 0.3) is 11.8 Å². The minimum Gasteiger partial charge on any atom is -0.343 e. The number of anilines is 1. The van der Waals surface area contributed by atoms with Crippen LogP contribution in [0.15, 0.2) is 48.7 Å². The van der Waals surface area contributed by atoms with Crippen LogP contribution in [0.3, 0.4) is 0 Å². The summed E-state index contributed by atoms with van der Waals surface area (Å²) in [6.07, 6.45) is 1.34. The van der Waals surface area contributed by atoms with E-state index in [-0.39, 0.29) is 12.5 Å².